The molecule has 0 spiro atoms. The predicted molar refractivity (Wildman–Crippen MR) is 52.1 cm³/mol. The van der Waals surface area contributed by atoms with Gasteiger partial charge in [-0.3, -0.25) is 4.79 Å². The Labute approximate surface area is 82.4 Å². The molecule has 4 nitrogen and oxygen atoms in total. The maximum Gasteiger partial charge on any atom is 0.250 e. The summed E-state index contributed by atoms with van der Waals surface area (Å²) in [6.07, 6.45) is 2.10. The number of aromatic nitrogens is 2. The summed E-state index contributed by atoms with van der Waals surface area (Å²) >= 11 is 0. The third kappa shape index (κ3) is 4.33. The highest BCUT2D eigenvalue weighted by Crippen LogP contribution is 1.81. The van der Waals surface area contributed by atoms with E-state index >= 15 is 0 Å². The van der Waals surface area contributed by atoms with E-state index in [1.54, 1.807) is 0 Å². The number of hydrogen-bond acceptors (Lipinski definition) is 3. The topological polar surface area (TPSA) is 71.8 Å². The van der Waals surface area contributed by atoms with E-state index in [0.29, 0.717) is 18.8 Å². The van der Waals surface area contributed by atoms with Crippen LogP contribution in [0.4, 0.5) is 0 Å². The first kappa shape index (κ1) is 14.0. The van der Waals surface area contributed by atoms with Gasteiger partial charge in [-0.2, -0.15) is 0 Å². The number of nitrogens with two attached hydrogens (primary N) is 1. The first-order valence-corrected chi connectivity index (χ1v) is 3.07. The lowest BCUT2D eigenvalue weighted by atomic mass is 10.4. The number of nitrogens with one attached hydrogen (secondary N) is 1. The number of rotatable bonds is 2. The minimum Gasteiger partial charge on any atom is -0.330 e. The van der Waals surface area contributed by atoms with E-state index in [9.17, 15) is 4.79 Å². The number of H-pyrrole nitrogens is 1. The number of aromatic amines is 1. The zero-order valence-corrected chi connectivity index (χ0v) is 7.95. The Morgan fingerprint density at radius 1 is 1.50 bits per heavy atom. The molecule has 0 saturated heterocycles. The van der Waals surface area contributed by atoms with Crippen molar-refractivity contribution < 1.29 is 0 Å². The highest BCUT2D eigenvalue weighted by Gasteiger charge is 1.90. The minimum absolute atomic E-state index is 0. The molecule has 0 saturated carbocycles. The van der Waals surface area contributed by atoms with Gasteiger partial charge in [0.25, 0.3) is 5.56 Å². The van der Waals surface area contributed by atoms with Gasteiger partial charge in [0.2, 0.25) is 0 Å². The zero-order chi connectivity index (χ0) is 7.40. The van der Waals surface area contributed by atoms with Crippen molar-refractivity contribution in [2.45, 2.75) is 6.42 Å². The lowest BCUT2D eigenvalue weighted by Crippen LogP contribution is -2.12. The average Bonchev–Trinajstić information content (AvgIpc) is 1.88. The summed E-state index contributed by atoms with van der Waals surface area (Å²) in [5.41, 5.74) is 5.12. The molecule has 0 aliphatic heterocycles. The van der Waals surface area contributed by atoms with Gasteiger partial charge in [0.15, 0.2) is 0 Å². The monoisotopic (exact) mass is 211 g/mol. The van der Waals surface area contributed by atoms with Crippen LogP contribution in [0, 0.1) is 0 Å². The second-order valence-electron chi connectivity index (χ2n) is 1.92. The number of halogens is 2. The molecule has 0 atom stereocenters. The molecule has 3 N–H and O–H groups in total. The van der Waals surface area contributed by atoms with Crippen LogP contribution in [0.15, 0.2) is 17.1 Å². The van der Waals surface area contributed by atoms with Gasteiger partial charge in [-0.15, -0.1) is 24.8 Å². The van der Waals surface area contributed by atoms with Crippen LogP contribution in [0.2, 0.25) is 0 Å². The second-order valence-corrected chi connectivity index (χ2v) is 1.92. The van der Waals surface area contributed by atoms with Crippen molar-refractivity contribution in [1.29, 1.82) is 0 Å². The largest absolute Gasteiger partial charge is 0.330 e. The molecule has 70 valence electrons. The third-order valence-electron chi connectivity index (χ3n) is 1.10. The molecule has 0 fully saturated rings. The SMILES string of the molecule is Cl.Cl.NCCc1nccc(=O)[nH]1. The van der Waals surface area contributed by atoms with Gasteiger partial charge < -0.3 is 10.7 Å². The van der Waals surface area contributed by atoms with E-state index < -0.39 is 0 Å². The quantitative estimate of drug-likeness (QED) is 0.731. The van der Waals surface area contributed by atoms with E-state index in [2.05, 4.69) is 9.97 Å². The van der Waals surface area contributed by atoms with Gasteiger partial charge in [-0.25, -0.2) is 4.98 Å². The molecule has 0 aliphatic rings. The van der Waals surface area contributed by atoms with Crippen LogP contribution in [0.1, 0.15) is 5.82 Å². The number of hydrogen-bond donors (Lipinski definition) is 2. The normalized spacial score (nSPS) is 8.08. The zero-order valence-electron chi connectivity index (χ0n) is 6.32. The molecule has 1 aromatic rings. The van der Waals surface area contributed by atoms with Gasteiger partial charge in [-0.1, -0.05) is 0 Å². The summed E-state index contributed by atoms with van der Waals surface area (Å²) in [7, 11) is 0. The van der Waals surface area contributed by atoms with Crippen LogP contribution in [0.5, 0.6) is 0 Å². The Bertz CT molecular complexity index is 263. The van der Waals surface area contributed by atoms with Gasteiger partial charge in [0.1, 0.15) is 5.82 Å². The third-order valence-corrected chi connectivity index (χ3v) is 1.10. The molecule has 6 heteroatoms. The van der Waals surface area contributed by atoms with Gasteiger partial charge in [0, 0.05) is 18.7 Å². The van der Waals surface area contributed by atoms with E-state index in [0.717, 1.165) is 0 Å². The summed E-state index contributed by atoms with van der Waals surface area (Å²) in [5.74, 6) is 0.648. The second kappa shape index (κ2) is 7.09. The van der Waals surface area contributed by atoms with Crippen LogP contribution in [0.25, 0.3) is 0 Å². The highest BCUT2D eigenvalue weighted by atomic mass is 35.5. The van der Waals surface area contributed by atoms with Crippen LogP contribution < -0.4 is 11.3 Å². The number of nitrogens with zero attached hydrogens (tertiary/aromatic N) is 1. The Morgan fingerprint density at radius 3 is 2.67 bits per heavy atom. The standard InChI is InChI=1S/C6H9N3O.2ClH/c7-3-1-5-8-4-2-6(10)9-5;;/h2,4H,1,3,7H2,(H,8,9,10);2*1H. The summed E-state index contributed by atoms with van der Waals surface area (Å²) in [6, 6.07) is 1.38. The van der Waals surface area contributed by atoms with E-state index in [4.69, 9.17) is 5.73 Å². The first-order chi connectivity index (χ1) is 4.83. The van der Waals surface area contributed by atoms with Crippen molar-refractivity contribution in [2.24, 2.45) is 5.73 Å². The molecule has 1 heterocycles. The van der Waals surface area contributed by atoms with Crippen LogP contribution in [0.3, 0.4) is 0 Å². The Morgan fingerprint density at radius 2 is 2.17 bits per heavy atom. The molecule has 0 aliphatic carbocycles. The Balaban J connectivity index is 0. The van der Waals surface area contributed by atoms with E-state index in [-0.39, 0.29) is 30.4 Å². The van der Waals surface area contributed by atoms with Crippen molar-refractivity contribution in [1.82, 2.24) is 9.97 Å². The fourth-order valence-corrected chi connectivity index (χ4v) is 0.675. The van der Waals surface area contributed by atoms with Crippen LogP contribution >= 0.6 is 24.8 Å². The molecule has 0 radical (unpaired) electrons. The molecule has 0 amide bonds. The van der Waals surface area contributed by atoms with Crippen molar-refractivity contribution in [3.63, 3.8) is 0 Å². The van der Waals surface area contributed by atoms with Crippen molar-refractivity contribution in [3.8, 4) is 0 Å². The first-order valence-electron chi connectivity index (χ1n) is 3.07. The van der Waals surface area contributed by atoms with Gasteiger partial charge in [0.05, 0.1) is 0 Å². The molecule has 0 bridgehead atoms. The predicted octanol–water partition coefficient (Wildman–Crippen LogP) is 0.115. The van der Waals surface area contributed by atoms with Gasteiger partial charge in [-0.05, 0) is 6.54 Å². The fourth-order valence-electron chi connectivity index (χ4n) is 0.675. The summed E-state index contributed by atoms with van der Waals surface area (Å²) in [5, 5.41) is 0. The average molecular weight is 212 g/mol. The van der Waals surface area contributed by atoms with Crippen molar-refractivity contribution in [2.75, 3.05) is 6.54 Å². The molecule has 0 unspecified atom stereocenters. The minimum atomic E-state index is -0.126. The molecule has 0 aromatic carbocycles. The van der Waals surface area contributed by atoms with Crippen LogP contribution in [-0.4, -0.2) is 16.5 Å². The van der Waals surface area contributed by atoms with Crippen molar-refractivity contribution >= 4 is 24.8 Å². The van der Waals surface area contributed by atoms with E-state index in [1.807, 2.05) is 0 Å². The molecule has 12 heavy (non-hydrogen) atoms. The lowest BCUT2D eigenvalue weighted by Gasteiger charge is -1.93. The maximum atomic E-state index is 10.6. The molecule has 1 rings (SSSR count). The summed E-state index contributed by atoms with van der Waals surface area (Å²) in [4.78, 5) is 17.1. The Hall–Kier alpha value is -0.580. The Kier molecular flexibility index (Phi) is 8.26. The lowest BCUT2D eigenvalue weighted by molar-refractivity contribution is 0.856. The maximum absolute atomic E-state index is 10.6. The molecule has 1 aromatic heterocycles. The van der Waals surface area contributed by atoms with Gasteiger partial charge >= 0.3 is 0 Å². The highest BCUT2D eigenvalue weighted by molar-refractivity contribution is 5.85. The smallest absolute Gasteiger partial charge is 0.250 e. The van der Waals surface area contributed by atoms with Crippen molar-refractivity contribution in [3.05, 3.63) is 28.4 Å². The molecular weight excluding hydrogens is 201 g/mol. The van der Waals surface area contributed by atoms with E-state index in [1.165, 1.54) is 12.3 Å². The molecular formula is C6H11Cl2N3O. The van der Waals surface area contributed by atoms with Crippen LogP contribution in [-0.2, 0) is 6.42 Å². The fraction of sp³-hybridized carbons (Fsp3) is 0.333. The summed E-state index contributed by atoms with van der Waals surface area (Å²) < 4.78 is 0. The summed E-state index contributed by atoms with van der Waals surface area (Å²) in [6.45, 7) is 0.507.